The highest BCUT2D eigenvalue weighted by Gasteiger charge is 2.49. The van der Waals surface area contributed by atoms with E-state index in [2.05, 4.69) is 5.32 Å². The summed E-state index contributed by atoms with van der Waals surface area (Å²) in [6.07, 6.45) is 5.21. The van der Waals surface area contributed by atoms with Crippen molar-refractivity contribution >= 4 is 29.1 Å². The number of halogens is 1. The minimum absolute atomic E-state index is 0.0861. The van der Waals surface area contributed by atoms with Crippen LogP contribution in [0.2, 0.25) is 5.02 Å². The third-order valence-electron chi connectivity index (χ3n) is 5.04. The zero-order valence-corrected chi connectivity index (χ0v) is 15.2. The average Bonchev–Trinajstić information content (AvgIpc) is 3.33. The Morgan fingerprint density at radius 2 is 1.75 bits per heavy atom. The van der Waals surface area contributed by atoms with Crippen molar-refractivity contribution < 1.29 is 9.59 Å². The Bertz CT molecular complexity index is 628. The standard InChI is InChI=1S/C19H25ClN2O2/c1-12-9-13(2)17(16(20)10-12)21-18(23)14-11-15(14)19(24)22-7-5-3-4-6-8-22/h9-10,14-15H,3-8,11H2,1-2H3,(H,21,23). The van der Waals surface area contributed by atoms with Crippen molar-refractivity contribution in [2.24, 2.45) is 11.8 Å². The first-order valence-corrected chi connectivity index (χ1v) is 9.21. The topological polar surface area (TPSA) is 49.4 Å². The lowest BCUT2D eigenvalue weighted by Crippen LogP contribution is -2.34. The molecule has 1 saturated carbocycles. The summed E-state index contributed by atoms with van der Waals surface area (Å²) in [5.41, 5.74) is 2.68. The van der Waals surface area contributed by atoms with E-state index in [-0.39, 0.29) is 23.7 Å². The fraction of sp³-hybridized carbons (Fsp3) is 0.579. The van der Waals surface area contributed by atoms with Crippen molar-refractivity contribution in [2.75, 3.05) is 18.4 Å². The van der Waals surface area contributed by atoms with Crippen molar-refractivity contribution in [3.05, 3.63) is 28.3 Å². The van der Waals surface area contributed by atoms with Crippen LogP contribution >= 0.6 is 11.6 Å². The SMILES string of the molecule is Cc1cc(C)c(NC(=O)C2CC2C(=O)N2CCCCCC2)c(Cl)c1. The van der Waals surface area contributed by atoms with E-state index in [9.17, 15) is 9.59 Å². The van der Waals surface area contributed by atoms with Gasteiger partial charge in [0, 0.05) is 13.1 Å². The molecule has 2 fully saturated rings. The van der Waals surface area contributed by atoms with Gasteiger partial charge in [0.25, 0.3) is 0 Å². The molecule has 2 atom stereocenters. The predicted molar refractivity (Wildman–Crippen MR) is 96.2 cm³/mol. The Labute approximate surface area is 148 Å². The van der Waals surface area contributed by atoms with Crippen LogP contribution in [0, 0.1) is 25.7 Å². The van der Waals surface area contributed by atoms with Crippen LogP contribution in [0.1, 0.15) is 43.2 Å². The number of nitrogens with one attached hydrogen (secondary N) is 1. The van der Waals surface area contributed by atoms with Crippen LogP contribution in [0.4, 0.5) is 5.69 Å². The fourth-order valence-corrected chi connectivity index (χ4v) is 3.94. The van der Waals surface area contributed by atoms with Gasteiger partial charge >= 0.3 is 0 Å². The Morgan fingerprint density at radius 1 is 1.08 bits per heavy atom. The molecule has 3 rings (SSSR count). The number of nitrogens with zero attached hydrogens (tertiary/aromatic N) is 1. The smallest absolute Gasteiger partial charge is 0.228 e. The lowest BCUT2D eigenvalue weighted by Gasteiger charge is -2.20. The molecule has 0 bridgehead atoms. The monoisotopic (exact) mass is 348 g/mol. The minimum atomic E-state index is -0.211. The van der Waals surface area contributed by atoms with E-state index in [1.54, 1.807) is 0 Å². The Morgan fingerprint density at radius 3 is 2.38 bits per heavy atom. The van der Waals surface area contributed by atoms with Gasteiger partial charge in [-0.1, -0.05) is 30.5 Å². The highest BCUT2D eigenvalue weighted by atomic mass is 35.5. The number of benzene rings is 1. The summed E-state index contributed by atoms with van der Waals surface area (Å²) >= 11 is 6.25. The maximum atomic E-state index is 12.6. The summed E-state index contributed by atoms with van der Waals surface area (Å²) in [5, 5.41) is 3.48. The molecule has 2 aliphatic rings. The molecule has 1 aromatic rings. The molecular weight excluding hydrogens is 324 g/mol. The zero-order valence-electron chi connectivity index (χ0n) is 14.4. The molecule has 2 unspecified atom stereocenters. The molecule has 1 aromatic carbocycles. The van der Waals surface area contributed by atoms with Gasteiger partial charge in [-0.05, 0) is 50.3 Å². The Balaban J connectivity index is 1.61. The average molecular weight is 349 g/mol. The van der Waals surface area contributed by atoms with Crippen molar-refractivity contribution in [2.45, 2.75) is 46.0 Å². The van der Waals surface area contributed by atoms with Gasteiger partial charge in [-0.15, -0.1) is 0 Å². The van der Waals surface area contributed by atoms with Gasteiger partial charge in [0.2, 0.25) is 11.8 Å². The van der Waals surface area contributed by atoms with Crippen LogP contribution in [0.15, 0.2) is 12.1 Å². The van der Waals surface area contributed by atoms with Crippen LogP contribution in [0.3, 0.4) is 0 Å². The van der Waals surface area contributed by atoms with Crippen molar-refractivity contribution in [1.29, 1.82) is 0 Å². The van der Waals surface area contributed by atoms with E-state index in [0.717, 1.165) is 37.1 Å². The number of likely N-dealkylation sites (tertiary alicyclic amines) is 1. The lowest BCUT2D eigenvalue weighted by molar-refractivity contribution is -0.134. The molecule has 1 N–H and O–H groups in total. The van der Waals surface area contributed by atoms with Gasteiger partial charge in [-0.3, -0.25) is 9.59 Å². The summed E-state index contributed by atoms with van der Waals surface area (Å²) < 4.78 is 0. The van der Waals surface area contributed by atoms with Gasteiger partial charge in [-0.2, -0.15) is 0 Å². The number of aryl methyl sites for hydroxylation is 2. The summed E-state index contributed by atoms with van der Waals surface area (Å²) in [7, 11) is 0. The number of carbonyl (C=O) groups excluding carboxylic acids is 2. The lowest BCUT2D eigenvalue weighted by atomic mass is 10.1. The van der Waals surface area contributed by atoms with Gasteiger partial charge in [-0.25, -0.2) is 0 Å². The van der Waals surface area contributed by atoms with Gasteiger partial charge in [0.15, 0.2) is 0 Å². The molecule has 2 amide bonds. The number of anilines is 1. The van der Waals surface area contributed by atoms with Gasteiger partial charge in [0.1, 0.15) is 0 Å². The fourth-order valence-electron chi connectivity index (χ4n) is 3.57. The number of hydrogen-bond acceptors (Lipinski definition) is 2. The number of amides is 2. The third kappa shape index (κ3) is 3.75. The van der Waals surface area contributed by atoms with E-state index in [1.807, 2.05) is 30.9 Å². The van der Waals surface area contributed by atoms with Crippen LogP contribution in [-0.2, 0) is 9.59 Å². The highest BCUT2D eigenvalue weighted by molar-refractivity contribution is 6.34. The van der Waals surface area contributed by atoms with Crippen LogP contribution < -0.4 is 5.32 Å². The van der Waals surface area contributed by atoms with E-state index >= 15 is 0 Å². The normalized spacial score (nSPS) is 23.5. The Hall–Kier alpha value is -1.55. The molecule has 0 spiro atoms. The first-order chi connectivity index (χ1) is 11.5. The number of rotatable bonds is 3. The van der Waals surface area contributed by atoms with Crippen LogP contribution in [0.5, 0.6) is 0 Å². The van der Waals surface area contributed by atoms with Crippen molar-refractivity contribution in [3.63, 3.8) is 0 Å². The summed E-state index contributed by atoms with van der Waals surface area (Å²) in [6, 6.07) is 3.84. The van der Waals surface area contributed by atoms with E-state index in [4.69, 9.17) is 11.6 Å². The van der Waals surface area contributed by atoms with Crippen LogP contribution in [0.25, 0.3) is 0 Å². The maximum absolute atomic E-state index is 12.6. The molecule has 5 heteroatoms. The van der Waals surface area contributed by atoms with Crippen molar-refractivity contribution in [1.82, 2.24) is 4.90 Å². The van der Waals surface area contributed by atoms with Crippen LogP contribution in [-0.4, -0.2) is 29.8 Å². The largest absolute Gasteiger partial charge is 0.342 e. The maximum Gasteiger partial charge on any atom is 0.228 e. The quantitative estimate of drug-likeness (QED) is 0.899. The Kier molecular flexibility index (Phi) is 5.14. The molecule has 130 valence electrons. The van der Waals surface area contributed by atoms with Gasteiger partial charge in [0.05, 0.1) is 22.5 Å². The van der Waals surface area contributed by atoms with E-state index in [1.165, 1.54) is 12.8 Å². The van der Waals surface area contributed by atoms with Crippen molar-refractivity contribution in [3.8, 4) is 0 Å². The molecule has 1 saturated heterocycles. The second kappa shape index (κ2) is 7.14. The molecule has 24 heavy (non-hydrogen) atoms. The third-order valence-corrected chi connectivity index (χ3v) is 5.34. The summed E-state index contributed by atoms with van der Waals surface area (Å²) in [4.78, 5) is 27.0. The number of carbonyl (C=O) groups is 2. The predicted octanol–water partition coefficient (Wildman–Crippen LogP) is 3.93. The molecule has 0 aromatic heterocycles. The van der Waals surface area contributed by atoms with E-state index in [0.29, 0.717) is 17.1 Å². The molecule has 1 aliphatic carbocycles. The molecule has 1 aliphatic heterocycles. The first kappa shape index (κ1) is 17.3. The zero-order chi connectivity index (χ0) is 17.3. The second-order valence-electron chi connectivity index (χ2n) is 7.12. The summed E-state index contributed by atoms with van der Waals surface area (Å²) in [5.74, 6) is -0.286. The molecule has 0 radical (unpaired) electrons. The number of hydrogen-bond donors (Lipinski definition) is 1. The molecule has 1 heterocycles. The highest BCUT2D eigenvalue weighted by Crippen LogP contribution is 2.42. The molecular formula is C19H25ClN2O2. The first-order valence-electron chi connectivity index (χ1n) is 8.84. The second-order valence-corrected chi connectivity index (χ2v) is 7.52. The summed E-state index contributed by atoms with van der Waals surface area (Å²) in [6.45, 7) is 5.58. The minimum Gasteiger partial charge on any atom is -0.342 e. The molecule has 4 nitrogen and oxygen atoms in total. The van der Waals surface area contributed by atoms with Gasteiger partial charge < -0.3 is 10.2 Å². The van der Waals surface area contributed by atoms with E-state index < -0.39 is 0 Å².